The van der Waals surface area contributed by atoms with Crippen LogP contribution < -0.4 is 5.32 Å². The van der Waals surface area contributed by atoms with Crippen molar-refractivity contribution in [2.75, 3.05) is 5.32 Å². The van der Waals surface area contributed by atoms with Crippen molar-refractivity contribution in [3.63, 3.8) is 0 Å². The second-order valence-electron chi connectivity index (χ2n) is 3.58. The van der Waals surface area contributed by atoms with E-state index in [4.69, 9.17) is 0 Å². The van der Waals surface area contributed by atoms with Crippen molar-refractivity contribution in [1.29, 1.82) is 0 Å². The van der Waals surface area contributed by atoms with Gasteiger partial charge in [-0.15, -0.1) is 11.3 Å². The number of amides is 1. The van der Waals surface area contributed by atoms with Crippen molar-refractivity contribution in [2.24, 2.45) is 0 Å². The Labute approximate surface area is 98.2 Å². The van der Waals surface area contributed by atoms with E-state index in [9.17, 15) is 4.79 Å². The first-order valence-corrected chi connectivity index (χ1v) is 5.88. The van der Waals surface area contributed by atoms with Crippen LogP contribution in [0.3, 0.4) is 0 Å². The lowest BCUT2D eigenvalue weighted by Gasteiger charge is -2.08. The molecule has 2 aromatic rings. The molecule has 0 bridgehead atoms. The molecule has 0 unspecified atom stereocenters. The normalized spacial score (nSPS) is 10.1. The zero-order valence-electron chi connectivity index (χ0n) is 9.15. The van der Waals surface area contributed by atoms with Crippen molar-refractivity contribution in [3.8, 4) is 0 Å². The van der Waals surface area contributed by atoms with Gasteiger partial charge in [0.1, 0.15) is 5.69 Å². The van der Waals surface area contributed by atoms with E-state index in [0.29, 0.717) is 5.69 Å². The van der Waals surface area contributed by atoms with Crippen LogP contribution in [0.15, 0.2) is 29.1 Å². The molecule has 82 valence electrons. The van der Waals surface area contributed by atoms with E-state index in [1.807, 2.05) is 32.0 Å². The van der Waals surface area contributed by atoms with Crippen LogP contribution in [-0.2, 0) is 0 Å². The van der Waals surface area contributed by atoms with Crippen LogP contribution in [-0.4, -0.2) is 10.9 Å². The molecule has 1 amide bonds. The molecular formula is C12H12N2OS. The number of carbonyl (C=O) groups is 1. The molecule has 0 aliphatic rings. The fourth-order valence-corrected chi connectivity index (χ4v) is 1.93. The molecule has 0 atom stereocenters. The molecule has 1 aromatic heterocycles. The topological polar surface area (TPSA) is 42.0 Å². The predicted octanol–water partition coefficient (Wildman–Crippen LogP) is 3.01. The minimum atomic E-state index is -0.157. The Morgan fingerprint density at radius 1 is 1.38 bits per heavy atom. The first-order valence-electron chi connectivity index (χ1n) is 4.94. The van der Waals surface area contributed by atoms with Crippen LogP contribution in [0, 0.1) is 13.8 Å². The summed E-state index contributed by atoms with van der Waals surface area (Å²) in [5.74, 6) is -0.157. The number of rotatable bonds is 2. The third-order valence-electron chi connectivity index (χ3n) is 2.52. The van der Waals surface area contributed by atoms with Gasteiger partial charge < -0.3 is 5.32 Å². The second kappa shape index (κ2) is 4.45. The maximum Gasteiger partial charge on any atom is 0.275 e. The van der Waals surface area contributed by atoms with Gasteiger partial charge in [0, 0.05) is 11.1 Å². The number of anilines is 1. The number of nitrogens with one attached hydrogen (secondary N) is 1. The summed E-state index contributed by atoms with van der Waals surface area (Å²) >= 11 is 1.41. The number of carbonyl (C=O) groups excluding carboxylic acids is 1. The molecule has 0 radical (unpaired) electrons. The number of thiazole rings is 1. The highest BCUT2D eigenvalue weighted by Gasteiger charge is 2.09. The van der Waals surface area contributed by atoms with Crippen LogP contribution in [0.2, 0.25) is 0 Å². The summed E-state index contributed by atoms with van der Waals surface area (Å²) < 4.78 is 0. The quantitative estimate of drug-likeness (QED) is 0.864. The Balaban J connectivity index is 2.22. The number of aryl methyl sites for hydroxylation is 1. The van der Waals surface area contributed by atoms with E-state index in [1.54, 1.807) is 10.9 Å². The summed E-state index contributed by atoms with van der Waals surface area (Å²) in [5, 5.41) is 4.60. The zero-order chi connectivity index (χ0) is 11.5. The molecule has 0 aliphatic carbocycles. The molecule has 0 fully saturated rings. The molecule has 1 N–H and O–H groups in total. The van der Waals surface area contributed by atoms with Gasteiger partial charge in [-0.05, 0) is 31.0 Å². The Morgan fingerprint density at radius 2 is 2.19 bits per heavy atom. The van der Waals surface area contributed by atoms with Gasteiger partial charge in [-0.2, -0.15) is 0 Å². The van der Waals surface area contributed by atoms with Gasteiger partial charge in [-0.3, -0.25) is 4.79 Å². The van der Waals surface area contributed by atoms with Crippen LogP contribution in [0.5, 0.6) is 0 Å². The van der Waals surface area contributed by atoms with Crippen molar-refractivity contribution >= 4 is 22.9 Å². The van der Waals surface area contributed by atoms with Gasteiger partial charge in [0.25, 0.3) is 5.91 Å². The molecule has 4 heteroatoms. The highest BCUT2D eigenvalue weighted by atomic mass is 32.1. The van der Waals surface area contributed by atoms with Crippen LogP contribution in [0.1, 0.15) is 21.6 Å². The SMILES string of the molecule is Cc1cccc(NC(=O)c2cscn2)c1C. The predicted molar refractivity (Wildman–Crippen MR) is 66.0 cm³/mol. The number of aromatic nitrogens is 1. The first-order chi connectivity index (χ1) is 7.68. The standard InChI is InChI=1S/C12H12N2OS/c1-8-4-3-5-10(9(8)2)14-12(15)11-6-16-7-13-11/h3-7H,1-2H3,(H,14,15). The van der Waals surface area contributed by atoms with E-state index in [0.717, 1.165) is 16.8 Å². The van der Waals surface area contributed by atoms with Gasteiger partial charge >= 0.3 is 0 Å². The van der Waals surface area contributed by atoms with Crippen molar-refractivity contribution in [3.05, 3.63) is 45.9 Å². The van der Waals surface area contributed by atoms with E-state index in [1.165, 1.54) is 11.3 Å². The van der Waals surface area contributed by atoms with Gasteiger partial charge in [0.15, 0.2) is 0 Å². The molecule has 0 aliphatic heterocycles. The Kier molecular flexibility index (Phi) is 3.01. The zero-order valence-corrected chi connectivity index (χ0v) is 9.97. The van der Waals surface area contributed by atoms with Gasteiger partial charge in [0.05, 0.1) is 5.51 Å². The van der Waals surface area contributed by atoms with Gasteiger partial charge in [-0.25, -0.2) is 4.98 Å². The summed E-state index contributed by atoms with van der Waals surface area (Å²) in [6.07, 6.45) is 0. The van der Waals surface area contributed by atoms with E-state index < -0.39 is 0 Å². The average molecular weight is 232 g/mol. The second-order valence-corrected chi connectivity index (χ2v) is 4.29. The lowest BCUT2D eigenvalue weighted by Crippen LogP contribution is -2.13. The lowest BCUT2D eigenvalue weighted by molar-refractivity contribution is 0.102. The van der Waals surface area contributed by atoms with Gasteiger partial charge in [0.2, 0.25) is 0 Å². The van der Waals surface area contributed by atoms with E-state index in [2.05, 4.69) is 10.3 Å². The summed E-state index contributed by atoms with van der Waals surface area (Å²) in [4.78, 5) is 15.7. The molecule has 16 heavy (non-hydrogen) atoms. The average Bonchev–Trinajstić information content (AvgIpc) is 2.78. The Bertz CT molecular complexity index is 506. The molecule has 0 spiro atoms. The van der Waals surface area contributed by atoms with Crippen molar-refractivity contribution in [2.45, 2.75) is 13.8 Å². The summed E-state index contributed by atoms with van der Waals surface area (Å²) in [7, 11) is 0. The number of hydrogen-bond acceptors (Lipinski definition) is 3. The molecule has 3 nitrogen and oxygen atoms in total. The smallest absolute Gasteiger partial charge is 0.275 e. The minimum absolute atomic E-state index is 0.157. The summed E-state index contributed by atoms with van der Waals surface area (Å²) in [5.41, 5.74) is 5.21. The first kappa shape index (κ1) is 10.8. The Hall–Kier alpha value is -1.68. The van der Waals surface area contributed by atoms with Crippen molar-refractivity contribution < 1.29 is 4.79 Å². The van der Waals surface area contributed by atoms with Crippen molar-refractivity contribution in [1.82, 2.24) is 4.98 Å². The molecule has 1 heterocycles. The molecule has 1 aromatic carbocycles. The van der Waals surface area contributed by atoms with Crippen LogP contribution in [0.4, 0.5) is 5.69 Å². The molecule has 0 saturated carbocycles. The van der Waals surface area contributed by atoms with E-state index >= 15 is 0 Å². The fourth-order valence-electron chi connectivity index (χ4n) is 1.40. The molecular weight excluding hydrogens is 220 g/mol. The molecule has 0 saturated heterocycles. The lowest BCUT2D eigenvalue weighted by atomic mass is 10.1. The number of benzene rings is 1. The highest BCUT2D eigenvalue weighted by Crippen LogP contribution is 2.18. The monoisotopic (exact) mass is 232 g/mol. The molecule has 2 rings (SSSR count). The third kappa shape index (κ3) is 2.12. The number of hydrogen-bond donors (Lipinski definition) is 1. The third-order valence-corrected chi connectivity index (χ3v) is 3.10. The van der Waals surface area contributed by atoms with Crippen LogP contribution >= 0.6 is 11.3 Å². The Morgan fingerprint density at radius 3 is 2.88 bits per heavy atom. The number of nitrogens with zero attached hydrogens (tertiary/aromatic N) is 1. The highest BCUT2D eigenvalue weighted by molar-refractivity contribution is 7.07. The van der Waals surface area contributed by atoms with E-state index in [-0.39, 0.29) is 5.91 Å². The fraction of sp³-hybridized carbons (Fsp3) is 0.167. The van der Waals surface area contributed by atoms with Crippen LogP contribution in [0.25, 0.3) is 0 Å². The van der Waals surface area contributed by atoms with Gasteiger partial charge in [-0.1, -0.05) is 12.1 Å². The maximum absolute atomic E-state index is 11.8. The summed E-state index contributed by atoms with van der Waals surface area (Å²) in [6.45, 7) is 4.01. The maximum atomic E-state index is 11.8. The largest absolute Gasteiger partial charge is 0.320 e. The minimum Gasteiger partial charge on any atom is -0.320 e. The summed E-state index contributed by atoms with van der Waals surface area (Å²) in [6, 6.07) is 5.85.